The monoisotopic (exact) mass is 256 g/mol. The summed E-state index contributed by atoms with van der Waals surface area (Å²) in [4.78, 5) is 22.8. The molecule has 2 N–H and O–H groups in total. The molecule has 0 saturated heterocycles. The molecule has 0 aromatic carbocycles. The van der Waals surface area contributed by atoms with E-state index < -0.39 is 6.04 Å². The Hall–Kier alpha value is -1.10. The Morgan fingerprint density at radius 1 is 1.33 bits per heavy atom. The Labute approximate surface area is 109 Å². The van der Waals surface area contributed by atoms with E-state index in [9.17, 15) is 9.59 Å². The lowest BCUT2D eigenvalue weighted by Gasteiger charge is -2.24. The normalized spacial score (nSPS) is 19.3. The van der Waals surface area contributed by atoms with Gasteiger partial charge in [-0.15, -0.1) is 0 Å². The third-order valence-corrected chi connectivity index (χ3v) is 3.43. The number of hydrogen-bond acceptors (Lipinski definition) is 3. The molecular weight excluding hydrogens is 232 g/mol. The minimum atomic E-state index is -0.617. The number of carbonyl (C=O) groups excluding carboxylic acids is 2. The Kier molecular flexibility index (Phi) is 6.12. The second kappa shape index (κ2) is 7.36. The maximum absolute atomic E-state index is 11.7. The quantitative estimate of drug-likeness (QED) is 0.740. The summed E-state index contributed by atoms with van der Waals surface area (Å²) in [6, 6.07) is -0.617. The van der Waals surface area contributed by atoms with Gasteiger partial charge in [-0.2, -0.15) is 0 Å². The third kappa shape index (κ3) is 4.64. The average molecular weight is 256 g/mol. The van der Waals surface area contributed by atoms with E-state index in [0.717, 1.165) is 0 Å². The minimum absolute atomic E-state index is 0.218. The number of nitrogens with one attached hydrogen (secondary N) is 2. The maximum Gasteiger partial charge on any atom is 0.245 e. The summed E-state index contributed by atoms with van der Waals surface area (Å²) in [6.07, 6.45) is 4.64. The summed E-state index contributed by atoms with van der Waals surface area (Å²) in [6.45, 7) is 3.90. The van der Waals surface area contributed by atoms with Crippen molar-refractivity contribution >= 4 is 11.8 Å². The molecule has 1 saturated carbocycles. The molecule has 2 atom stereocenters. The van der Waals surface area contributed by atoms with Gasteiger partial charge in [0.05, 0.1) is 6.10 Å². The van der Waals surface area contributed by atoms with E-state index in [1.165, 1.54) is 32.6 Å². The number of carbonyl (C=O) groups is 2. The Bertz CT molecular complexity index is 288. The first-order valence-electron chi connectivity index (χ1n) is 6.65. The molecule has 2 amide bonds. The highest BCUT2D eigenvalue weighted by atomic mass is 16.5. The van der Waals surface area contributed by atoms with Gasteiger partial charge in [0.1, 0.15) is 6.04 Å². The maximum atomic E-state index is 11.7. The SMILES string of the molecule is CNC(=O)C(NC(C)=O)C(C)OCC1CCCC1. The highest BCUT2D eigenvalue weighted by Gasteiger charge is 2.27. The Morgan fingerprint density at radius 2 is 1.94 bits per heavy atom. The first kappa shape index (κ1) is 15.0. The minimum Gasteiger partial charge on any atom is -0.376 e. The van der Waals surface area contributed by atoms with Gasteiger partial charge >= 0.3 is 0 Å². The zero-order chi connectivity index (χ0) is 13.5. The van der Waals surface area contributed by atoms with E-state index >= 15 is 0 Å². The molecule has 0 bridgehead atoms. The van der Waals surface area contributed by atoms with Crippen molar-refractivity contribution in [3.05, 3.63) is 0 Å². The molecule has 5 nitrogen and oxygen atoms in total. The summed E-state index contributed by atoms with van der Waals surface area (Å²) >= 11 is 0. The predicted molar refractivity (Wildman–Crippen MR) is 69.0 cm³/mol. The van der Waals surface area contributed by atoms with Crippen molar-refractivity contribution in [1.29, 1.82) is 0 Å². The number of likely N-dealkylation sites (N-methyl/N-ethyl adjacent to an activating group) is 1. The molecular formula is C13H24N2O3. The molecule has 104 valence electrons. The first-order valence-corrected chi connectivity index (χ1v) is 6.65. The van der Waals surface area contributed by atoms with Crippen LogP contribution in [0.4, 0.5) is 0 Å². The smallest absolute Gasteiger partial charge is 0.245 e. The van der Waals surface area contributed by atoms with E-state index in [-0.39, 0.29) is 17.9 Å². The van der Waals surface area contributed by atoms with Crippen molar-refractivity contribution in [2.45, 2.75) is 51.7 Å². The highest BCUT2D eigenvalue weighted by Crippen LogP contribution is 2.25. The van der Waals surface area contributed by atoms with Crippen LogP contribution in [0, 0.1) is 5.92 Å². The Morgan fingerprint density at radius 3 is 2.44 bits per heavy atom. The van der Waals surface area contributed by atoms with Crippen LogP contribution in [0.1, 0.15) is 39.5 Å². The fourth-order valence-corrected chi connectivity index (χ4v) is 2.33. The summed E-state index contributed by atoms with van der Waals surface area (Å²) in [5.41, 5.74) is 0. The summed E-state index contributed by atoms with van der Waals surface area (Å²) in [5, 5.41) is 5.18. The van der Waals surface area contributed by atoms with Gasteiger partial charge in [0.15, 0.2) is 0 Å². The van der Waals surface area contributed by atoms with Crippen LogP contribution in [0.15, 0.2) is 0 Å². The average Bonchev–Trinajstić information content (AvgIpc) is 2.85. The fraction of sp³-hybridized carbons (Fsp3) is 0.846. The van der Waals surface area contributed by atoms with E-state index in [4.69, 9.17) is 4.74 Å². The van der Waals surface area contributed by atoms with Crippen molar-refractivity contribution in [1.82, 2.24) is 10.6 Å². The predicted octanol–water partition coefficient (Wildman–Crippen LogP) is 0.832. The van der Waals surface area contributed by atoms with E-state index in [0.29, 0.717) is 12.5 Å². The van der Waals surface area contributed by atoms with Gasteiger partial charge in [-0.05, 0) is 25.7 Å². The van der Waals surface area contributed by atoms with Crippen LogP contribution in [-0.2, 0) is 14.3 Å². The third-order valence-electron chi connectivity index (χ3n) is 3.43. The molecule has 0 aliphatic heterocycles. The zero-order valence-corrected chi connectivity index (χ0v) is 11.5. The number of rotatable bonds is 6. The topological polar surface area (TPSA) is 67.4 Å². The van der Waals surface area contributed by atoms with Crippen LogP contribution in [0.2, 0.25) is 0 Å². The van der Waals surface area contributed by atoms with E-state index in [2.05, 4.69) is 10.6 Å². The summed E-state index contributed by atoms with van der Waals surface area (Å²) < 4.78 is 5.74. The van der Waals surface area contributed by atoms with Crippen molar-refractivity contribution < 1.29 is 14.3 Å². The van der Waals surface area contributed by atoms with Crippen molar-refractivity contribution in [3.63, 3.8) is 0 Å². The largest absolute Gasteiger partial charge is 0.376 e. The van der Waals surface area contributed by atoms with E-state index in [1.54, 1.807) is 7.05 Å². The molecule has 0 aromatic rings. The van der Waals surface area contributed by atoms with Gasteiger partial charge in [0, 0.05) is 20.6 Å². The van der Waals surface area contributed by atoms with Gasteiger partial charge in [-0.3, -0.25) is 9.59 Å². The van der Waals surface area contributed by atoms with Crippen LogP contribution >= 0.6 is 0 Å². The zero-order valence-electron chi connectivity index (χ0n) is 11.5. The van der Waals surface area contributed by atoms with Crippen molar-refractivity contribution in [2.24, 2.45) is 5.92 Å². The lowest BCUT2D eigenvalue weighted by Crippen LogP contribution is -2.52. The molecule has 5 heteroatoms. The van der Waals surface area contributed by atoms with Crippen LogP contribution in [-0.4, -0.2) is 37.6 Å². The van der Waals surface area contributed by atoms with Gasteiger partial charge in [-0.1, -0.05) is 12.8 Å². The van der Waals surface area contributed by atoms with Crippen molar-refractivity contribution in [2.75, 3.05) is 13.7 Å². The molecule has 2 unspecified atom stereocenters. The number of amides is 2. The molecule has 1 rings (SSSR count). The molecule has 0 heterocycles. The van der Waals surface area contributed by atoms with Gasteiger partial charge in [0.25, 0.3) is 0 Å². The fourth-order valence-electron chi connectivity index (χ4n) is 2.33. The second-order valence-electron chi connectivity index (χ2n) is 4.98. The van der Waals surface area contributed by atoms with Crippen LogP contribution in [0.25, 0.3) is 0 Å². The van der Waals surface area contributed by atoms with Gasteiger partial charge in [-0.25, -0.2) is 0 Å². The lowest BCUT2D eigenvalue weighted by atomic mass is 10.1. The standard InChI is InChI=1S/C13H24N2O3/c1-9(18-8-11-6-4-5-7-11)12(13(17)14-3)15-10(2)16/h9,11-12H,4-8H2,1-3H3,(H,14,17)(H,15,16). The molecule has 1 aliphatic rings. The van der Waals surface area contributed by atoms with Crippen LogP contribution in [0.3, 0.4) is 0 Å². The summed E-state index contributed by atoms with van der Waals surface area (Å²) in [5.74, 6) is 0.166. The van der Waals surface area contributed by atoms with Crippen LogP contribution in [0.5, 0.6) is 0 Å². The van der Waals surface area contributed by atoms with Crippen LogP contribution < -0.4 is 10.6 Å². The molecule has 0 radical (unpaired) electrons. The summed E-state index contributed by atoms with van der Waals surface area (Å²) in [7, 11) is 1.56. The van der Waals surface area contributed by atoms with Gasteiger partial charge < -0.3 is 15.4 Å². The molecule has 1 fully saturated rings. The van der Waals surface area contributed by atoms with E-state index in [1.807, 2.05) is 6.92 Å². The highest BCUT2D eigenvalue weighted by molar-refractivity contribution is 5.87. The molecule has 0 spiro atoms. The molecule has 1 aliphatic carbocycles. The lowest BCUT2D eigenvalue weighted by molar-refractivity contribution is -0.132. The number of hydrogen-bond donors (Lipinski definition) is 2. The van der Waals surface area contributed by atoms with Gasteiger partial charge in [0.2, 0.25) is 11.8 Å². The number of ether oxygens (including phenoxy) is 1. The molecule has 18 heavy (non-hydrogen) atoms. The second-order valence-corrected chi connectivity index (χ2v) is 4.98. The first-order chi connectivity index (χ1) is 8.54. The van der Waals surface area contributed by atoms with Crippen molar-refractivity contribution in [3.8, 4) is 0 Å². The Balaban J connectivity index is 2.44. The molecule has 0 aromatic heterocycles.